The Morgan fingerprint density at radius 1 is 1.36 bits per heavy atom. The Morgan fingerprint density at radius 2 is 2.09 bits per heavy atom. The molecule has 1 aromatic carbocycles. The summed E-state index contributed by atoms with van der Waals surface area (Å²) in [6.07, 6.45) is 1.53. The van der Waals surface area contributed by atoms with Crippen molar-refractivity contribution in [1.29, 1.82) is 0 Å². The molecule has 116 valence electrons. The standard InChI is InChI=1S/C13H19B2N3O4/c1-14(21)17(5-6-19)8-13(20)10-3-4-11-12(7-10)18(9-16-11)15(2)22/h3-4,7,9,19,21-22H,5-6,8H2,1-2H3. The Labute approximate surface area is 129 Å². The second-order valence-electron chi connectivity index (χ2n) is 5.24. The molecule has 9 heteroatoms. The number of carbonyl (C=O) groups is 1. The number of aromatic nitrogens is 2. The highest BCUT2D eigenvalue weighted by molar-refractivity contribution is 6.48. The molecule has 0 spiro atoms. The average Bonchev–Trinajstić information content (AvgIpc) is 2.89. The monoisotopic (exact) mass is 303 g/mol. The molecule has 0 atom stereocenters. The van der Waals surface area contributed by atoms with E-state index in [4.69, 9.17) is 5.11 Å². The van der Waals surface area contributed by atoms with Crippen LogP contribution in [0.3, 0.4) is 0 Å². The van der Waals surface area contributed by atoms with Gasteiger partial charge in [0.05, 0.1) is 30.5 Å². The third-order valence-electron chi connectivity index (χ3n) is 3.56. The van der Waals surface area contributed by atoms with E-state index in [0.717, 1.165) is 0 Å². The fourth-order valence-corrected chi connectivity index (χ4v) is 2.30. The van der Waals surface area contributed by atoms with E-state index in [0.29, 0.717) is 16.6 Å². The van der Waals surface area contributed by atoms with Gasteiger partial charge in [0.2, 0.25) is 0 Å². The van der Waals surface area contributed by atoms with Crippen molar-refractivity contribution in [1.82, 2.24) is 14.3 Å². The van der Waals surface area contributed by atoms with Gasteiger partial charge < -0.3 is 24.4 Å². The van der Waals surface area contributed by atoms with Crippen molar-refractivity contribution >= 4 is 30.9 Å². The number of hydrogen-bond acceptors (Lipinski definition) is 6. The van der Waals surface area contributed by atoms with Gasteiger partial charge in [0.1, 0.15) is 0 Å². The maximum Gasteiger partial charge on any atom is 0.414 e. The third kappa shape index (κ3) is 3.56. The van der Waals surface area contributed by atoms with Gasteiger partial charge in [-0.1, -0.05) is 0 Å². The molecule has 0 saturated heterocycles. The van der Waals surface area contributed by atoms with Crippen molar-refractivity contribution in [3.8, 4) is 0 Å². The molecule has 2 rings (SSSR count). The Kier molecular flexibility index (Phi) is 5.36. The molecule has 0 amide bonds. The van der Waals surface area contributed by atoms with Crippen LogP contribution in [0.15, 0.2) is 24.5 Å². The fraction of sp³-hybridized carbons (Fsp3) is 0.385. The number of carbonyl (C=O) groups excluding carboxylic acids is 1. The molecule has 0 saturated carbocycles. The molecule has 0 aliphatic carbocycles. The number of aliphatic hydroxyl groups excluding tert-OH is 1. The predicted octanol–water partition coefficient (Wildman–Crippen LogP) is -0.418. The third-order valence-corrected chi connectivity index (χ3v) is 3.56. The number of aliphatic hydroxyl groups is 1. The van der Waals surface area contributed by atoms with Crippen LogP contribution in [-0.2, 0) is 0 Å². The van der Waals surface area contributed by atoms with E-state index in [1.165, 1.54) is 11.1 Å². The number of hydrogen-bond donors (Lipinski definition) is 3. The van der Waals surface area contributed by atoms with Crippen LogP contribution in [0, 0.1) is 0 Å². The molecule has 2 aromatic rings. The van der Waals surface area contributed by atoms with Crippen LogP contribution < -0.4 is 0 Å². The Morgan fingerprint density at radius 3 is 2.68 bits per heavy atom. The summed E-state index contributed by atoms with van der Waals surface area (Å²) in [4.78, 5) is 18.0. The van der Waals surface area contributed by atoms with Crippen LogP contribution in [0.2, 0.25) is 13.6 Å². The molecule has 0 aliphatic rings. The molecule has 0 bridgehead atoms. The lowest BCUT2D eigenvalue weighted by molar-refractivity contribution is 0.0953. The maximum atomic E-state index is 12.4. The van der Waals surface area contributed by atoms with Gasteiger partial charge in [-0.15, -0.1) is 0 Å². The van der Waals surface area contributed by atoms with E-state index in [1.807, 2.05) is 0 Å². The summed E-state index contributed by atoms with van der Waals surface area (Å²) < 4.78 is 1.58. The summed E-state index contributed by atoms with van der Waals surface area (Å²) in [5.74, 6) is -0.172. The maximum absolute atomic E-state index is 12.4. The topological polar surface area (TPSA) is 98.8 Å². The van der Waals surface area contributed by atoms with Gasteiger partial charge in [-0.2, -0.15) is 0 Å². The van der Waals surface area contributed by atoms with Gasteiger partial charge in [-0.05, 0) is 31.8 Å². The first-order valence-corrected chi connectivity index (χ1v) is 7.15. The lowest BCUT2D eigenvalue weighted by Gasteiger charge is -2.21. The molecule has 0 aliphatic heterocycles. The van der Waals surface area contributed by atoms with Crippen LogP contribution in [0.25, 0.3) is 11.0 Å². The highest BCUT2D eigenvalue weighted by Gasteiger charge is 2.20. The van der Waals surface area contributed by atoms with E-state index in [-0.39, 0.29) is 25.5 Å². The minimum absolute atomic E-state index is 0.00650. The zero-order chi connectivity index (χ0) is 16.3. The highest BCUT2D eigenvalue weighted by Crippen LogP contribution is 2.16. The van der Waals surface area contributed by atoms with Crippen molar-refractivity contribution < 1.29 is 19.9 Å². The van der Waals surface area contributed by atoms with Crippen LogP contribution >= 0.6 is 0 Å². The van der Waals surface area contributed by atoms with E-state index in [9.17, 15) is 14.8 Å². The van der Waals surface area contributed by atoms with Gasteiger partial charge in [0.25, 0.3) is 0 Å². The second kappa shape index (κ2) is 7.06. The highest BCUT2D eigenvalue weighted by atomic mass is 16.3. The van der Waals surface area contributed by atoms with E-state index >= 15 is 0 Å². The fourth-order valence-electron chi connectivity index (χ4n) is 2.30. The number of Topliss-reactive ketones (excluding diaryl/α,β-unsaturated/α-hetero) is 1. The molecule has 22 heavy (non-hydrogen) atoms. The number of benzene rings is 1. The summed E-state index contributed by atoms with van der Waals surface area (Å²) in [7, 11) is -1.55. The second-order valence-corrected chi connectivity index (χ2v) is 5.24. The first-order valence-electron chi connectivity index (χ1n) is 7.15. The van der Waals surface area contributed by atoms with Crippen molar-refractivity contribution in [3.05, 3.63) is 30.1 Å². The first-order chi connectivity index (χ1) is 10.4. The Balaban J connectivity index is 2.26. The molecule has 1 heterocycles. The van der Waals surface area contributed by atoms with Gasteiger partial charge in [0.15, 0.2) is 5.78 Å². The van der Waals surface area contributed by atoms with Gasteiger partial charge in [-0.25, -0.2) is 4.98 Å². The molecule has 1 aromatic heterocycles. The van der Waals surface area contributed by atoms with Crippen LogP contribution in [-0.4, -0.2) is 69.0 Å². The minimum atomic E-state index is -0.817. The van der Waals surface area contributed by atoms with E-state index < -0.39 is 14.1 Å². The summed E-state index contributed by atoms with van der Waals surface area (Å²) in [6, 6.07) is 5.07. The van der Waals surface area contributed by atoms with E-state index in [1.54, 1.807) is 36.3 Å². The number of nitrogens with zero attached hydrogens (tertiary/aromatic N) is 3. The summed E-state index contributed by atoms with van der Waals surface area (Å²) >= 11 is 0. The Hall–Kier alpha value is -1.67. The quantitative estimate of drug-likeness (QED) is 0.475. The summed E-state index contributed by atoms with van der Waals surface area (Å²) in [6.45, 7) is 3.26. The van der Waals surface area contributed by atoms with Crippen molar-refractivity contribution in [2.24, 2.45) is 0 Å². The summed E-state index contributed by atoms with van der Waals surface area (Å²) in [5, 5.41) is 28.3. The molecule has 0 radical (unpaired) electrons. The number of ketones is 1. The largest absolute Gasteiger partial charge is 0.437 e. The smallest absolute Gasteiger partial charge is 0.414 e. The van der Waals surface area contributed by atoms with Gasteiger partial charge in [0, 0.05) is 12.1 Å². The molecular weight excluding hydrogens is 284 g/mol. The zero-order valence-corrected chi connectivity index (χ0v) is 12.7. The van der Waals surface area contributed by atoms with E-state index in [2.05, 4.69) is 4.98 Å². The van der Waals surface area contributed by atoms with Crippen molar-refractivity contribution in [3.63, 3.8) is 0 Å². The predicted molar refractivity (Wildman–Crippen MR) is 85.8 cm³/mol. The van der Waals surface area contributed by atoms with Gasteiger partial charge >= 0.3 is 14.1 Å². The number of imidazole rings is 1. The number of rotatable bonds is 7. The SMILES string of the molecule is CB(O)N(CCO)CC(=O)c1ccc2ncn(B(C)O)c2c1. The lowest BCUT2D eigenvalue weighted by atomic mass is 9.84. The zero-order valence-electron chi connectivity index (χ0n) is 12.7. The van der Waals surface area contributed by atoms with Crippen LogP contribution in [0.5, 0.6) is 0 Å². The lowest BCUT2D eigenvalue weighted by Crippen LogP contribution is -2.42. The van der Waals surface area contributed by atoms with Crippen LogP contribution in [0.4, 0.5) is 0 Å². The molecule has 0 unspecified atom stereocenters. The number of fused-ring (bicyclic) bond motifs is 1. The van der Waals surface area contributed by atoms with Crippen molar-refractivity contribution in [2.45, 2.75) is 13.6 Å². The van der Waals surface area contributed by atoms with Crippen LogP contribution in [0.1, 0.15) is 10.4 Å². The molecule has 3 N–H and O–H groups in total. The average molecular weight is 303 g/mol. The minimum Gasteiger partial charge on any atom is -0.437 e. The summed E-state index contributed by atoms with van der Waals surface area (Å²) in [5.41, 5.74) is 1.84. The normalized spacial score (nSPS) is 11.2. The molecule has 7 nitrogen and oxygen atoms in total. The Bertz CT molecular complexity index is 660. The van der Waals surface area contributed by atoms with Gasteiger partial charge in [-0.3, -0.25) is 4.79 Å². The first kappa shape index (κ1) is 16.7. The molecule has 0 fully saturated rings. The molecular formula is C13H19B2N3O4. The van der Waals surface area contributed by atoms with Crippen molar-refractivity contribution in [2.75, 3.05) is 19.7 Å².